The van der Waals surface area contributed by atoms with Gasteiger partial charge in [-0.05, 0) is 62.6 Å². The molecule has 2 aromatic carbocycles. The number of carbonyl (C=O) groups excluding carboxylic acids is 2. The van der Waals surface area contributed by atoms with Crippen molar-refractivity contribution in [2.45, 2.75) is 45.8 Å². The van der Waals surface area contributed by atoms with E-state index in [1.807, 2.05) is 30.0 Å². The molecule has 1 fully saturated rings. The van der Waals surface area contributed by atoms with Gasteiger partial charge in [0.05, 0.1) is 11.0 Å². The minimum Gasteiger partial charge on any atom is -0.355 e. The maximum atomic E-state index is 13.4. The van der Waals surface area contributed by atoms with Gasteiger partial charge in [-0.15, -0.1) is 0 Å². The van der Waals surface area contributed by atoms with E-state index in [0.29, 0.717) is 35.4 Å². The van der Waals surface area contributed by atoms with Crippen molar-refractivity contribution in [1.29, 1.82) is 0 Å². The van der Waals surface area contributed by atoms with Crippen LogP contribution in [0.5, 0.6) is 0 Å². The van der Waals surface area contributed by atoms with Crippen molar-refractivity contribution in [1.82, 2.24) is 19.8 Å². The van der Waals surface area contributed by atoms with Crippen molar-refractivity contribution in [3.8, 4) is 0 Å². The van der Waals surface area contributed by atoms with Gasteiger partial charge in [0, 0.05) is 37.3 Å². The van der Waals surface area contributed by atoms with E-state index >= 15 is 0 Å². The van der Waals surface area contributed by atoms with E-state index in [4.69, 9.17) is 0 Å². The van der Waals surface area contributed by atoms with Crippen LogP contribution in [0.2, 0.25) is 0 Å². The molecule has 1 aliphatic carbocycles. The second-order valence-electron chi connectivity index (χ2n) is 7.89. The molecule has 160 valence electrons. The summed E-state index contributed by atoms with van der Waals surface area (Å²) in [6.07, 6.45) is 1.98. The number of hydrogen-bond donors (Lipinski definition) is 1. The zero-order valence-corrected chi connectivity index (χ0v) is 18.0. The summed E-state index contributed by atoms with van der Waals surface area (Å²) in [4.78, 5) is 43.8. The Kier molecular flexibility index (Phi) is 5.59. The molecule has 2 amide bonds. The number of amides is 2. The lowest BCUT2D eigenvalue weighted by atomic mass is 10.1. The number of rotatable bonds is 6. The van der Waals surface area contributed by atoms with E-state index in [9.17, 15) is 14.4 Å². The van der Waals surface area contributed by atoms with E-state index in [2.05, 4.69) is 10.3 Å². The van der Waals surface area contributed by atoms with Crippen LogP contribution in [0, 0.1) is 6.92 Å². The van der Waals surface area contributed by atoms with Gasteiger partial charge in [0.15, 0.2) is 0 Å². The number of nitrogens with one attached hydrogen (secondary N) is 1. The molecule has 1 N–H and O–H groups in total. The highest BCUT2D eigenvalue weighted by atomic mass is 16.2. The van der Waals surface area contributed by atoms with E-state index in [1.165, 1.54) is 0 Å². The SMILES string of the molecule is CCn1c(=O)c(C)nc2cc(C(=O)N(Cc3ccc(C(=O)NC)cc3)C3CC3)ccc21. The Bertz CT molecular complexity index is 1210. The van der Waals surface area contributed by atoms with Crippen LogP contribution in [0.3, 0.4) is 0 Å². The molecule has 0 radical (unpaired) electrons. The summed E-state index contributed by atoms with van der Waals surface area (Å²) < 4.78 is 1.68. The van der Waals surface area contributed by atoms with Gasteiger partial charge >= 0.3 is 0 Å². The van der Waals surface area contributed by atoms with Crippen molar-refractivity contribution in [2.24, 2.45) is 0 Å². The zero-order valence-electron chi connectivity index (χ0n) is 18.0. The standard InChI is InChI=1S/C24H26N4O3/c1-4-27-21-12-9-18(13-20(21)26-15(2)23(27)30)24(31)28(19-10-11-19)14-16-5-7-17(8-6-16)22(29)25-3/h5-9,12-13,19H,4,10-11,14H2,1-3H3,(H,25,29). The number of benzene rings is 2. The molecule has 0 bridgehead atoms. The van der Waals surface area contributed by atoms with Crippen LogP contribution in [0.4, 0.5) is 0 Å². The van der Waals surface area contributed by atoms with Gasteiger partial charge in [0.1, 0.15) is 5.69 Å². The molecule has 1 aromatic heterocycles. The third-order valence-electron chi connectivity index (χ3n) is 5.72. The van der Waals surface area contributed by atoms with E-state index in [0.717, 1.165) is 23.9 Å². The maximum Gasteiger partial charge on any atom is 0.272 e. The molecule has 1 saturated carbocycles. The first kappa shape index (κ1) is 20.8. The number of fused-ring (bicyclic) bond motifs is 1. The summed E-state index contributed by atoms with van der Waals surface area (Å²) in [7, 11) is 1.60. The van der Waals surface area contributed by atoms with Gasteiger partial charge in [0.2, 0.25) is 0 Å². The van der Waals surface area contributed by atoms with Crippen LogP contribution in [-0.4, -0.2) is 39.4 Å². The summed E-state index contributed by atoms with van der Waals surface area (Å²) in [6, 6.07) is 12.9. The third-order valence-corrected chi connectivity index (χ3v) is 5.72. The minimum atomic E-state index is -0.133. The number of aryl methyl sites for hydroxylation is 2. The first-order valence-corrected chi connectivity index (χ1v) is 10.6. The number of nitrogens with zero attached hydrogens (tertiary/aromatic N) is 3. The van der Waals surface area contributed by atoms with Crippen molar-refractivity contribution in [3.05, 3.63) is 75.2 Å². The molecule has 0 spiro atoms. The summed E-state index contributed by atoms with van der Waals surface area (Å²) >= 11 is 0. The monoisotopic (exact) mass is 418 g/mol. The summed E-state index contributed by atoms with van der Waals surface area (Å²) in [5, 5.41) is 2.61. The molecule has 0 aliphatic heterocycles. The van der Waals surface area contributed by atoms with Crippen LogP contribution < -0.4 is 10.9 Å². The fourth-order valence-corrected chi connectivity index (χ4v) is 3.84. The highest BCUT2D eigenvalue weighted by molar-refractivity contribution is 5.97. The lowest BCUT2D eigenvalue weighted by Crippen LogP contribution is -2.32. The number of aromatic nitrogens is 2. The maximum absolute atomic E-state index is 13.4. The lowest BCUT2D eigenvalue weighted by molar-refractivity contribution is 0.0729. The quantitative estimate of drug-likeness (QED) is 0.667. The molecule has 0 saturated heterocycles. The number of carbonyl (C=O) groups is 2. The smallest absolute Gasteiger partial charge is 0.272 e. The predicted molar refractivity (Wildman–Crippen MR) is 119 cm³/mol. The van der Waals surface area contributed by atoms with E-state index < -0.39 is 0 Å². The molecule has 0 unspecified atom stereocenters. The second kappa shape index (κ2) is 8.34. The summed E-state index contributed by atoms with van der Waals surface area (Å²) in [5.41, 5.74) is 3.83. The Morgan fingerprint density at radius 3 is 2.42 bits per heavy atom. The van der Waals surface area contributed by atoms with Crippen LogP contribution >= 0.6 is 0 Å². The van der Waals surface area contributed by atoms with Gasteiger partial charge in [-0.2, -0.15) is 0 Å². The highest BCUT2D eigenvalue weighted by Gasteiger charge is 2.33. The Morgan fingerprint density at radius 2 is 1.81 bits per heavy atom. The van der Waals surface area contributed by atoms with E-state index in [-0.39, 0.29) is 23.4 Å². The third kappa shape index (κ3) is 4.08. The second-order valence-corrected chi connectivity index (χ2v) is 7.89. The molecule has 31 heavy (non-hydrogen) atoms. The van der Waals surface area contributed by atoms with Crippen LogP contribution in [0.25, 0.3) is 11.0 Å². The Balaban J connectivity index is 1.63. The Hall–Kier alpha value is -3.48. The van der Waals surface area contributed by atoms with Gasteiger partial charge in [-0.3, -0.25) is 14.4 Å². The van der Waals surface area contributed by atoms with Gasteiger partial charge in [-0.25, -0.2) is 4.98 Å². The molecular formula is C24H26N4O3. The Labute approximate surface area is 180 Å². The van der Waals surface area contributed by atoms with Crippen molar-refractivity contribution >= 4 is 22.8 Å². The molecule has 3 aromatic rings. The number of hydrogen-bond acceptors (Lipinski definition) is 4. The fourth-order valence-electron chi connectivity index (χ4n) is 3.84. The fraction of sp³-hybridized carbons (Fsp3) is 0.333. The summed E-state index contributed by atoms with van der Waals surface area (Å²) in [6.45, 7) is 4.65. The molecule has 0 atom stereocenters. The molecule has 7 nitrogen and oxygen atoms in total. The molecular weight excluding hydrogens is 392 g/mol. The molecule has 1 aliphatic rings. The van der Waals surface area contributed by atoms with Gasteiger partial charge in [0.25, 0.3) is 17.4 Å². The first-order valence-electron chi connectivity index (χ1n) is 10.6. The van der Waals surface area contributed by atoms with Crippen molar-refractivity contribution < 1.29 is 9.59 Å². The normalized spacial score (nSPS) is 13.3. The molecule has 7 heteroatoms. The first-order chi connectivity index (χ1) is 14.9. The van der Waals surface area contributed by atoms with Crippen LogP contribution in [-0.2, 0) is 13.1 Å². The van der Waals surface area contributed by atoms with Gasteiger partial charge < -0.3 is 14.8 Å². The molecule has 4 rings (SSSR count). The minimum absolute atomic E-state index is 0.0477. The zero-order chi connectivity index (χ0) is 22.1. The van der Waals surface area contributed by atoms with Crippen molar-refractivity contribution in [2.75, 3.05) is 7.05 Å². The lowest BCUT2D eigenvalue weighted by Gasteiger charge is -2.23. The van der Waals surface area contributed by atoms with Gasteiger partial charge in [-0.1, -0.05) is 12.1 Å². The molecule has 1 heterocycles. The van der Waals surface area contributed by atoms with Crippen LogP contribution in [0.15, 0.2) is 47.3 Å². The van der Waals surface area contributed by atoms with Crippen LogP contribution in [0.1, 0.15) is 51.7 Å². The Morgan fingerprint density at radius 1 is 1.13 bits per heavy atom. The summed E-state index contributed by atoms with van der Waals surface area (Å²) in [5.74, 6) is -0.181. The largest absolute Gasteiger partial charge is 0.355 e. The average Bonchev–Trinajstić information content (AvgIpc) is 3.63. The topological polar surface area (TPSA) is 84.3 Å². The van der Waals surface area contributed by atoms with Crippen molar-refractivity contribution in [3.63, 3.8) is 0 Å². The van der Waals surface area contributed by atoms with E-state index in [1.54, 1.807) is 42.8 Å². The highest BCUT2D eigenvalue weighted by Crippen LogP contribution is 2.30. The predicted octanol–water partition coefficient (Wildman–Crippen LogP) is 2.89. The average molecular weight is 418 g/mol.